The third-order valence-electron chi connectivity index (χ3n) is 4.53. The van der Waals surface area contributed by atoms with Gasteiger partial charge in [0.1, 0.15) is 17.9 Å². The van der Waals surface area contributed by atoms with Crippen molar-refractivity contribution in [1.82, 2.24) is 15.5 Å². The van der Waals surface area contributed by atoms with Crippen LogP contribution < -0.4 is 10.6 Å². The standard InChI is InChI=1S/C19H26N4O2.HI/c1-3-20-19(22-13-18(24)23-10-6-7-11-23)21-12-17-14(2)15-8-4-5-9-16(15)25-17;/h4-5,8-9H,3,6-7,10-13H2,1-2H3,(H2,20,21,22);1H. The first-order valence-electron chi connectivity index (χ1n) is 8.96. The number of carbonyl (C=O) groups is 1. The molecule has 1 aliphatic heterocycles. The number of fused-ring (bicyclic) bond motifs is 1. The van der Waals surface area contributed by atoms with Crippen LogP contribution in [0.5, 0.6) is 0 Å². The molecule has 2 N–H and O–H groups in total. The molecule has 0 unspecified atom stereocenters. The molecule has 2 heterocycles. The molecular weight excluding hydrogens is 443 g/mol. The van der Waals surface area contributed by atoms with Crippen LogP contribution in [0.25, 0.3) is 11.0 Å². The lowest BCUT2D eigenvalue weighted by Crippen LogP contribution is -2.38. The van der Waals surface area contributed by atoms with Crippen molar-refractivity contribution in [3.8, 4) is 0 Å². The summed E-state index contributed by atoms with van der Waals surface area (Å²) in [5, 5.41) is 7.57. The number of hydrogen-bond donors (Lipinski definition) is 2. The number of hydrogen-bond acceptors (Lipinski definition) is 3. The van der Waals surface area contributed by atoms with Crippen LogP contribution in [-0.2, 0) is 11.3 Å². The van der Waals surface area contributed by atoms with E-state index in [1.54, 1.807) is 0 Å². The minimum absolute atomic E-state index is 0. The van der Waals surface area contributed by atoms with Gasteiger partial charge in [-0.25, -0.2) is 4.99 Å². The fourth-order valence-electron chi connectivity index (χ4n) is 3.11. The molecule has 142 valence electrons. The predicted molar refractivity (Wildman–Crippen MR) is 115 cm³/mol. The molecule has 0 bridgehead atoms. The van der Waals surface area contributed by atoms with Crippen molar-refractivity contribution in [2.45, 2.75) is 33.2 Å². The van der Waals surface area contributed by atoms with E-state index in [1.807, 2.05) is 30.0 Å². The van der Waals surface area contributed by atoms with Crippen molar-refractivity contribution in [3.05, 3.63) is 35.6 Å². The highest BCUT2D eigenvalue weighted by molar-refractivity contribution is 14.0. The molecule has 2 aromatic rings. The molecule has 1 aliphatic rings. The summed E-state index contributed by atoms with van der Waals surface area (Å²) in [6.07, 6.45) is 2.19. The zero-order valence-electron chi connectivity index (χ0n) is 15.4. The first-order chi connectivity index (χ1) is 12.2. The normalized spacial score (nSPS) is 14.4. The summed E-state index contributed by atoms with van der Waals surface area (Å²) in [4.78, 5) is 18.4. The van der Waals surface area contributed by atoms with Crippen LogP contribution in [-0.4, -0.2) is 42.9 Å². The molecule has 3 rings (SSSR count). The number of halogens is 1. The number of likely N-dealkylation sites (tertiary alicyclic amines) is 1. The Kier molecular flexibility index (Phi) is 7.74. The molecule has 0 radical (unpaired) electrons. The van der Waals surface area contributed by atoms with Gasteiger partial charge in [-0.15, -0.1) is 24.0 Å². The highest BCUT2D eigenvalue weighted by Gasteiger charge is 2.17. The summed E-state index contributed by atoms with van der Waals surface area (Å²) in [7, 11) is 0. The molecule has 1 aromatic heterocycles. The van der Waals surface area contributed by atoms with Crippen molar-refractivity contribution < 1.29 is 9.21 Å². The van der Waals surface area contributed by atoms with E-state index < -0.39 is 0 Å². The molecule has 1 amide bonds. The Morgan fingerprint density at radius 3 is 2.65 bits per heavy atom. The number of aryl methyl sites for hydroxylation is 1. The predicted octanol–water partition coefficient (Wildman–Crippen LogP) is 3.04. The maximum Gasteiger partial charge on any atom is 0.244 e. The van der Waals surface area contributed by atoms with Gasteiger partial charge in [-0.2, -0.15) is 0 Å². The number of benzene rings is 1. The van der Waals surface area contributed by atoms with Crippen LogP contribution >= 0.6 is 24.0 Å². The van der Waals surface area contributed by atoms with E-state index in [9.17, 15) is 4.79 Å². The summed E-state index contributed by atoms with van der Waals surface area (Å²) in [6, 6.07) is 8.01. The second-order valence-electron chi connectivity index (χ2n) is 6.28. The lowest BCUT2D eigenvalue weighted by Gasteiger charge is -2.15. The highest BCUT2D eigenvalue weighted by Crippen LogP contribution is 2.24. The Morgan fingerprint density at radius 2 is 1.96 bits per heavy atom. The molecule has 7 heteroatoms. The van der Waals surface area contributed by atoms with Crippen LogP contribution in [0.2, 0.25) is 0 Å². The van der Waals surface area contributed by atoms with Gasteiger partial charge in [-0.3, -0.25) is 4.79 Å². The third kappa shape index (κ3) is 4.90. The number of rotatable bonds is 5. The molecule has 6 nitrogen and oxygen atoms in total. The van der Waals surface area contributed by atoms with Crippen molar-refractivity contribution in [2.75, 3.05) is 26.2 Å². The number of guanidine groups is 1. The van der Waals surface area contributed by atoms with Gasteiger partial charge in [0.15, 0.2) is 5.96 Å². The highest BCUT2D eigenvalue weighted by atomic mass is 127. The minimum Gasteiger partial charge on any atom is -0.459 e. The van der Waals surface area contributed by atoms with E-state index in [0.29, 0.717) is 12.5 Å². The fraction of sp³-hybridized carbons (Fsp3) is 0.474. The monoisotopic (exact) mass is 470 g/mol. The Morgan fingerprint density at radius 1 is 1.23 bits per heavy atom. The number of furan rings is 1. The first kappa shape index (κ1) is 20.5. The Hall–Kier alpha value is -1.77. The van der Waals surface area contributed by atoms with Gasteiger partial charge in [0.05, 0.1) is 6.54 Å². The number of nitrogens with zero attached hydrogens (tertiary/aromatic N) is 2. The van der Waals surface area contributed by atoms with Crippen LogP contribution in [0, 0.1) is 6.92 Å². The molecule has 0 saturated carbocycles. The van der Waals surface area contributed by atoms with Crippen LogP contribution in [0.1, 0.15) is 31.1 Å². The molecule has 0 spiro atoms. The summed E-state index contributed by atoms with van der Waals surface area (Å²) >= 11 is 0. The Balaban J connectivity index is 0.00000243. The third-order valence-corrected chi connectivity index (χ3v) is 4.53. The zero-order valence-corrected chi connectivity index (χ0v) is 17.7. The van der Waals surface area contributed by atoms with E-state index >= 15 is 0 Å². The number of amides is 1. The SMILES string of the molecule is CCNC(=NCC(=O)N1CCCC1)NCc1oc2ccccc2c1C.I. The largest absolute Gasteiger partial charge is 0.459 e. The minimum atomic E-state index is 0. The van der Waals surface area contributed by atoms with E-state index in [0.717, 1.165) is 54.8 Å². The van der Waals surface area contributed by atoms with Gasteiger partial charge in [-0.1, -0.05) is 18.2 Å². The van der Waals surface area contributed by atoms with Gasteiger partial charge in [-0.05, 0) is 32.8 Å². The van der Waals surface area contributed by atoms with Crippen molar-refractivity contribution >= 4 is 46.8 Å². The number of carbonyl (C=O) groups excluding carboxylic acids is 1. The second kappa shape index (κ2) is 9.80. The Labute approximate surface area is 171 Å². The fourth-order valence-corrected chi connectivity index (χ4v) is 3.11. The van der Waals surface area contributed by atoms with Gasteiger partial charge >= 0.3 is 0 Å². The molecule has 1 aromatic carbocycles. The summed E-state index contributed by atoms with van der Waals surface area (Å²) in [5.74, 6) is 1.61. The van der Waals surface area contributed by atoms with Crippen LogP contribution in [0.4, 0.5) is 0 Å². The molecule has 0 aliphatic carbocycles. The van der Waals surface area contributed by atoms with Gasteiger partial charge in [0.2, 0.25) is 5.91 Å². The second-order valence-corrected chi connectivity index (χ2v) is 6.28. The average molecular weight is 470 g/mol. The first-order valence-corrected chi connectivity index (χ1v) is 8.96. The van der Waals surface area contributed by atoms with Crippen molar-refractivity contribution in [2.24, 2.45) is 4.99 Å². The number of nitrogens with one attached hydrogen (secondary N) is 2. The number of aliphatic imine (C=N–C) groups is 1. The van der Waals surface area contributed by atoms with Crippen LogP contribution in [0.3, 0.4) is 0 Å². The zero-order chi connectivity index (χ0) is 17.6. The molecular formula is C19H27IN4O2. The van der Waals surface area contributed by atoms with Crippen molar-refractivity contribution in [3.63, 3.8) is 0 Å². The van der Waals surface area contributed by atoms with E-state index in [1.165, 1.54) is 0 Å². The van der Waals surface area contributed by atoms with Crippen molar-refractivity contribution in [1.29, 1.82) is 0 Å². The topological polar surface area (TPSA) is 69.9 Å². The average Bonchev–Trinajstić information content (AvgIpc) is 3.26. The van der Waals surface area contributed by atoms with E-state index in [2.05, 4.69) is 28.6 Å². The Bertz CT molecular complexity index is 766. The summed E-state index contributed by atoms with van der Waals surface area (Å²) in [5.41, 5.74) is 2.02. The summed E-state index contributed by atoms with van der Waals surface area (Å²) < 4.78 is 5.91. The quantitative estimate of drug-likeness (QED) is 0.401. The van der Waals surface area contributed by atoms with E-state index in [4.69, 9.17) is 4.42 Å². The van der Waals surface area contributed by atoms with Gasteiger partial charge in [0, 0.05) is 30.6 Å². The maximum atomic E-state index is 12.1. The smallest absolute Gasteiger partial charge is 0.244 e. The molecule has 0 atom stereocenters. The molecule has 1 saturated heterocycles. The van der Waals surface area contributed by atoms with Gasteiger partial charge < -0.3 is 20.0 Å². The van der Waals surface area contributed by atoms with E-state index in [-0.39, 0.29) is 36.4 Å². The molecule has 26 heavy (non-hydrogen) atoms. The maximum absolute atomic E-state index is 12.1. The van der Waals surface area contributed by atoms with Gasteiger partial charge in [0.25, 0.3) is 0 Å². The lowest BCUT2D eigenvalue weighted by atomic mass is 10.1. The number of para-hydroxylation sites is 1. The van der Waals surface area contributed by atoms with Crippen LogP contribution in [0.15, 0.2) is 33.7 Å². The molecule has 1 fully saturated rings. The summed E-state index contributed by atoms with van der Waals surface area (Å²) in [6.45, 7) is 7.23. The lowest BCUT2D eigenvalue weighted by molar-refractivity contribution is -0.128.